The zero-order valence-corrected chi connectivity index (χ0v) is 19.2. The number of hydrogen-bond donors (Lipinski definition) is 3. The van der Waals surface area contributed by atoms with Crippen molar-refractivity contribution in [2.45, 2.75) is 96.9 Å². The van der Waals surface area contributed by atoms with Crippen LogP contribution in [-0.4, -0.2) is 46.7 Å². The normalized spacial score (nSPS) is 51.4. The molecular weight excluding hydrogens is 380 g/mol. The van der Waals surface area contributed by atoms with Crippen LogP contribution in [0.15, 0.2) is 0 Å². The first-order chi connectivity index (χ1) is 14.1. The minimum absolute atomic E-state index is 0.111. The number of esters is 1. The van der Waals surface area contributed by atoms with Gasteiger partial charge in [-0.25, -0.2) is 0 Å². The molecule has 2 unspecified atom stereocenters. The predicted octanol–water partition coefficient (Wildman–Crippen LogP) is 3.54. The van der Waals surface area contributed by atoms with E-state index in [4.69, 9.17) is 4.74 Å². The lowest BCUT2D eigenvalue weighted by Gasteiger charge is -2.63. The molecule has 4 aliphatic rings. The molecule has 3 N–H and O–H groups in total. The molecular formula is C25H42O5. The molecule has 11 atom stereocenters. The summed E-state index contributed by atoms with van der Waals surface area (Å²) in [4.78, 5) is 11.7. The zero-order valence-electron chi connectivity index (χ0n) is 19.2. The van der Waals surface area contributed by atoms with Crippen molar-refractivity contribution in [3.63, 3.8) is 0 Å². The molecule has 0 spiro atoms. The van der Waals surface area contributed by atoms with Gasteiger partial charge in [0.15, 0.2) is 0 Å². The van der Waals surface area contributed by atoms with Gasteiger partial charge in [0.05, 0.1) is 25.4 Å². The molecule has 5 heteroatoms. The van der Waals surface area contributed by atoms with Crippen LogP contribution in [0.2, 0.25) is 0 Å². The largest absolute Gasteiger partial charge is 0.469 e. The van der Waals surface area contributed by atoms with E-state index in [2.05, 4.69) is 20.8 Å². The minimum Gasteiger partial charge on any atom is -0.469 e. The molecule has 0 heterocycles. The topological polar surface area (TPSA) is 87.0 Å². The van der Waals surface area contributed by atoms with E-state index in [0.29, 0.717) is 36.0 Å². The molecule has 0 amide bonds. The van der Waals surface area contributed by atoms with Gasteiger partial charge in [-0.3, -0.25) is 4.79 Å². The fraction of sp³-hybridized carbons (Fsp3) is 0.960. The van der Waals surface area contributed by atoms with E-state index in [1.165, 1.54) is 7.11 Å². The van der Waals surface area contributed by atoms with E-state index in [-0.39, 0.29) is 41.0 Å². The summed E-state index contributed by atoms with van der Waals surface area (Å²) in [7, 11) is 1.44. The van der Waals surface area contributed by atoms with E-state index in [0.717, 1.165) is 51.4 Å². The highest BCUT2D eigenvalue weighted by atomic mass is 16.5. The lowest BCUT2D eigenvalue weighted by atomic mass is 9.43. The highest BCUT2D eigenvalue weighted by Gasteiger charge is 2.65. The molecule has 5 nitrogen and oxygen atoms in total. The van der Waals surface area contributed by atoms with Crippen molar-refractivity contribution in [2.75, 3.05) is 7.11 Å². The standard InChI is InChI=1S/C25H42O5/c1-14(5-8-22(29)30-4)17-6-7-18-23-19(13-21(28)25(17,18)3)24(2)10-9-16(26)11-15(24)12-20(23)27/h14-21,23,26-28H,5-13H2,1-4H3/t14-,15?,16-,17-,18+,19+,20-,21+,23?,24+,25-/m1/s1. The number of aliphatic hydroxyl groups excluding tert-OH is 3. The van der Waals surface area contributed by atoms with Crippen LogP contribution in [0.3, 0.4) is 0 Å². The maximum atomic E-state index is 11.7. The lowest BCUT2D eigenvalue weighted by Crippen LogP contribution is -2.62. The third-order valence-corrected chi connectivity index (χ3v) is 10.6. The van der Waals surface area contributed by atoms with Gasteiger partial charge in [0.25, 0.3) is 0 Å². The maximum Gasteiger partial charge on any atom is 0.305 e. The molecule has 0 saturated heterocycles. The predicted molar refractivity (Wildman–Crippen MR) is 114 cm³/mol. The van der Waals surface area contributed by atoms with Gasteiger partial charge < -0.3 is 20.1 Å². The fourth-order valence-corrected chi connectivity index (χ4v) is 8.78. The van der Waals surface area contributed by atoms with Gasteiger partial charge in [-0.2, -0.15) is 0 Å². The Balaban J connectivity index is 1.58. The summed E-state index contributed by atoms with van der Waals surface area (Å²) in [5.41, 5.74) is -0.0882. The van der Waals surface area contributed by atoms with E-state index in [1.54, 1.807) is 0 Å². The van der Waals surface area contributed by atoms with Crippen molar-refractivity contribution < 1.29 is 24.9 Å². The van der Waals surface area contributed by atoms with Crippen LogP contribution in [0.25, 0.3) is 0 Å². The average Bonchev–Trinajstić information content (AvgIpc) is 3.06. The molecule has 4 saturated carbocycles. The Kier molecular flexibility index (Phi) is 6.04. The van der Waals surface area contributed by atoms with Crippen LogP contribution in [0.4, 0.5) is 0 Å². The SMILES string of the molecule is COC(=O)CC[C@@H](C)[C@H]1CC[C@H]2C3[C@H](O)CC4C[C@H](O)CC[C@]4(C)[C@H]3C[C@H](O)[C@]12C. The third kappa shape index (κ3) is 3.34. The smallest absolute Gasteiger partial charge is 0.305 e. The number of rotatable bonds is 4. The van der Waals surface area contributed by atoms with Crippen molar-refractivity contribution in [3.05, 3.63) is 0 Å². The summed E-state index contributed by atoms with van der Waals surface area (Å²) in [6.07, 6.45) is 6.60. The molecule has 172 valence electrons. The highest BCUT2D eigenvalue weighted by molar-refractivity contribution is 5.69. The van der Waals surface area contributed by atoms with E-state index in [1.807, 2.05) is 0 Å². The van der Waals surface area contributed by atoms with E-state index < -0.39 is 0 Å². The second-order valence-electron chi connectivity index (χ2n) is 11.6. The molecule has 0 aromatic carbocycles. The summed E-state index contributed by atoms with van der Waals surface area (Å²) >= 11 is 0. The molecule has 30 heavy (non-hydrogen) atoms. The number of hydrogen-bond acceptors (Lipinski definition) is 5. The maximum absolute atomic E-state index is 11.7. The van der Waals surface area contributed by atoms with E-state index in [9.17, 15) is 20.1 Å². The number of carbonyl (C=O) groups excluding carboxylic acids is 1. The summed E-state index contributed by atoms with van der Waals surface area (Å²) in [6.45, 7) is 6.85. The van der Waals surface area contributed by atoms with Crippen molar-refractivity contribution in [1.29, 1.82) is 0 Å². The molecule has 4 aliphatic carbocycles. The molecule has 0 aromatic heterocycles. The van der Waals surface area contributed by atoms with Crippen LogP contribution in [0.5, 0.6) is 0 Å². The number of carbonyl (C=O) groups is 1. The van der Waals surface area contributed by atoms with Gasteiger partial charge in [-0.1, -0.05) is 20.8 Å². The van der Waals surface area contributed by atoms with Gasteiger partial charge >= 0.3 is 5.97 Å². The molecule has 4 rings (SSSR count). The lowest BCUT2D eigenvalue weighted by molar-refractivity contribution is -0.207. The molecule has 0 aliphatic heterocycles. The Morgan fingerprint density at radius 3 is 2.50 bits per heavy atom. The minimum atomic E-state index is -0.369. The monoisotopic (exact) mass is 422 g/mol. The van der Waals surface area contributed by atoms with Crippen molar-refractivity contribution in [1.82, 2.24) is 0 Å². The van der Waals surface area contributed by atoms with Gasteiger partial charge in [-0.15, -0.1) is 0 Å². The van der Waals surface area contributed by atoms with Gasteiger partial charge in [0, 0.05) is 6.42 Å². The van der Waals surface area contributed by atoms with Crippen LogP contribution in [0, 0.1) is 46.3 Å². The molecule has 0 bridgehead atoms. The Bertz CT molecular complexity index is 651. The Labute approximate surface area is 181 Å². The third-order valence-electron chi connectivity index (χ3n) is 10.6. The van der Waals surface area contributed by atoms with Crippen LogP contribution in [0.1, 0.15) is 78.6 Å². The fourth-order valence-electron chi connectivity index (χ4n) is 8.78. The Morgan fingerprint density at radius 2 is 1.80 bits per heavy atom. The van der Waals surface area contributed by atoms with Crippen LogP contribution in [-0.2, 0) is 9.53 Å². The summed E-state index contributed by atoms with van der Waals surface area (Å²) < 4.78 is 4.83. The number of methoxy groups -OCH3 is 1. The average molecular weight is 423 g/mol. The highest BCUT2D eigenvalue weighted by Crippen LogP contribution is 2.68. The second-order valence-corrected chi connectivity index (χ2v) is 11.6. The Morgan fingerprint density at radius 1 is 1.07 bits per heavy atom. The van der Waals surface area contributed by atoms with Gasteiger partial charge in [-0.05, 0) is 97.7 Å². The zero-order chi connectivity index (χ0) is 21.8. The number of fused-ring (bicyclic) bond motifs is 5. The molecule has 0 radical (unpaired) electrons. The summed E-state index contributed by atoms with van der Waals surface area (Å²) in [5.74, 6) is 1.81. The molecule has 0 aromatic rings. The number of aliphatic hydroxyl groups is 3. The summed E-state index contributed by atoms with van der Waals surface area (Å²) in [5, 5.41) is 33.1. The van der Waals surface area contributed by atoms with Gasteiger partial charge in [0.2, 0.25) is 0 Å². The van der Waals surface area contributed by atoms with Crippen molar-refractivity contribution in [3.8, 4) is 0 Å². The first-order valence-electron chi connectivity index (χ1n) is 12.2. The second kappa shape index (κ2) is 8.04. The Hall–Kier alpha value is -0.650. The van der Waals surface area contributed by atoms with Crippen molar-refractivity contribution >= 4 is 5.97 Å². The first-order valence-corrected chi connectivity index (χ1v) is 12.2. The van der Waals surface area contributed by atoms with Crippen molar-refractivity contribution in [2.24, 2.45) is 46.3 Å². The molecule has 4 fully saturated rings. The number of ether oxygens (including phenoxy) is 1. The quantitative estimate of drug-likeness (QED) is 0.603. The van der Waals surface area contributed by atoms with Crippen LogP contribution < -0.4 is 0 Å². The summed E-state index contributed by atoms with van der Waals surface area (Å²) in [6, 6.07) is 0. The first kappa shape index (κ1) is 22.5. The van der Waals surface area contributed by atoms with Gasteiger partial charge in [0.1, 0.15) is 0 Å². The van der Waals surface area contributed by atoms with E-state index >= 15 is 0 Å². The van der Waals surface area contributed by atoms with Crippen LogP contribution >= 0.6 is 0 Å².